The number of rotatable bonds is 1. The highest BCUT2D eigenvalue weighted by Crippen LogP contribution is 2.29. The third-order valence-corrected chi connectivity index (χ3v) is 3.17. The second kappa shape index (κ2) is 4.35. The molecule has 0 aliphatic carbocycles. The van der Waals surface area contributed by atoms with Crippen molar-refractivity contribution in [3.05, 3.63) is 29.8 Å². The topological polar surface area (TPSA) is 67.5 Å². The van der Waals surface area contributed by atoms with E-state index < -0.39 is 6.03 Å². The molecule has 78 valence electrons. The Balaban J connectivity index is 2.29. The Kier molecular flexibility index (Phi) is 2.91. The summed E-state index contributed by atoms with van der Waals surface area (Å²) in [5.74, 6) is 0.982. The third-order valence-electron chi connectivity index (χ3n) is 2.10. The van der Waals surface area contributed by atoms with E-state index in [1.807, 2.05) is 18.2 Å². The molecule has 2 rings (SSSR count). The van der Waals surface area contributed by atoms with Crippen LogP contribution in [0.3, 0.4) is 0 Å². The predicted molar refractivity (Wildman–Crippen MR) is 61.0 cm³/mol. The Bertz CT molecular complexity index is 417. The maximum Gasteiger partial charge on any atom is 0.332 e. The Morgan fingerprint density at radius 2 is 2.27 bits per heavy atom. The van der Waals surface area contributed by atoms with E-state index in [4.69, 9.17) is 5.73 Å². The minimum atomic E-state index is -0.627. The summed E-state index contributed by atoms with van der Waals surface area (Å²) in [4.78, 5) is 11.8. The van der Waals surface area contributed by atoms with E-state index in [1.54, 1.807) is 11.8 Å². The first-order valence-electron chi connectivity index (χ1n) is 4.61. The Labute approximate surface area is 91.9 Å². The van der Waals surface area contributed by atoms with Gasteiger partial charge in [-0.05, 0) is 6.07 Å². The fourth-order valence-electron chi connectivity index (χ4n) is 1.46. The van der Waals surface area contributed by atoms with Crippen molar-refractivity contribution in [1.82, 2.24) is 5.43 Å². The van der Waals surface area contributed by atoms with Gasteiger partial charge in [-0.1, -0.05) is 18.2 Å². The first-order chi connectivity index (χ1) is 7.27. The lowest BCUT2D eigenvalue weighted by atomic mass is 10.1. The molecule has 0 aromatic heterocycles. The van der Waals surface area contributed by atoms with Crippen molar-refractivity contribution in [3.63, 3.8) is 0 Å². The number of fused-ring (bicyclic) bond motifs is 1. The number of hydrazone groups is 1. The molecule has 15 heavy (non-hydrogen) atoms. The number of primary amides is 1. The van der Waals surface area contributed by atoms with Crippen LogP contribution in [-0.2, 0) is 0 Å². The highest BCUT2D eigenvalue weighted by atomic mass is 32.2. The first kappa shape index (κ1) is 10.0. The van der Waals surface area contributed by atoms with E-state index in [1.165, 1.54) is 4.90 Å². The minimum Gasteiger partial charge on any atom is -0.350 e. The van der Waals surface area contributed by atoms with Gasteiger partial charge < -0.3 is 5.73 Å². The third kappa shape index (κ3) is 2.30. The Hall–Kier alpha value is -1.49. The lowest BCUT2D eigenvalue weighted by molar-refractivity contribution is 0.249. The standard InChI is InChI=1S/C10H11N3OS/c11-10(14)13-12-8-5-6-15-9-4-2-1-3-7(8)9/h1-4H,5-6H2,(H3,11,13,14)/b12-8+. The number of nitrogens with two attached hydrogens (primary N) is 1. The van der Waals surface area contributed by atoms with Gasteiger partial charge in [0, 0.05) is 22.6 Å². The van der Waals surface area contributed by atoms with Gasteiger partial charge in [-0.3, -0.25) is 0 Å². The summed E-state index contributed by atoms with van der Waals surface area (Å²) in [7, 11) is 0. The van der Waals surface area contributed by atoms with E-state index in [0.717, 1.165) is 23.4 Å². The number of thioether (sulfide) groups is 1. The lowest BCUT2D eigenvalue weighted by Gasteiger charge is -2.16. The number of carbonyl (C=O) groups is 1. The molecule has 0 bridgehead atoms. The number of carbonyl (C=O) groups excluding carboxylic acids is 1. The van der Waals surface area contributed by atoms with Crippen LogP contribution in [0.4, 0.5) is 4.79 Å². The van der Waals surface area contributed by atoms with Crippen LogP contribution in [0.2, 0.25) is 0 Å². The molecular weight excluding hydrogens is 210 g/mol. The molecule has 0 spiro atoms. The quantitative estimate of drug-likeness (QED) is 0.706. The molecule has 0 saturated carbocycles. The lowest BCUT2D eigenvalue weighted by Crippen LogP contribution is -2.26. The molecule has 1 aliphatic heterocycles. The van der Waals surface area contributed by atoms with E-state index in [2.05, 4.69) is 16.6 Å². The number of nitrogens with one attached hydrogen (secondary N) is 1. The van der Waals surface area contributed by atoms with Crippen molar-refractivity contribution in [2.24, 2.45) is 10.8 Å². The smallest absolute Gasteiger partial charge is 0.332 e. The summed E-state index contributed by atoms with van der Waals surface area (Å²) in [5, 5.41) is 4.00. The van der Waals surface area contributed by atoms with Gasteiger partial charge in [0.2, 0.25) is 0 Å². The number of amides is 2. The summed E-state index contributed by atoms with van der Waals surface area (Å²) in [6.07, 6.45) is 0.849. The first-order valence-corrected chi connectivity index (χ1v) is 5.60. The molecule has 0 fully saturated rings. The zero-order chi connectivity index (χ0) is 10.7. The van der Waals surface area contributed by atoms with Crippen LogP contribution in [0.15, 0.2) is 34.3 Å². The van der Waals surface area contributed by atoms with Crippen molar-refractivity contribution in [3.8, 4) is 0 Å². The van der Waals surface area contributed by atoms with Crippen LogP contribution < -0.4 is 11.2 Å². The van der Waals surface area contributed by atoms with E-state index >= 15 is 0 Å². The number of urea groups is 1. The molecule has 1 aromatic carbocycles. The van der Waals surface area contributed by atoms with Gasteiger partial charge in [0.25, 0.3) is 0 Å². The fraction of sp³-hybridized carbons (Fsp3) is 0.200. The van der Waals surface area contributed by atoms with Crippen molar-refractivity contribution in [1.29, 1.82) is 0 Å². The zero-order valence-corrected chi connectivity index (χ0v) is 8.88. The van der Waals surface area contributed by atoms with Crippen LogP contribution >= 0.6 is 11.8 Å². The molecule has 4 nitrogen and oxygen atoms in total. The highest BCUT2D eigenvalue weighted by Gasteiger charge is 2.15. The molecule has 0 saturated heterocycles. The van der Waals surface area contributed by atoms with Crippen LogP contribution in [0.25, 0.3) is 0 Å². The van der Waals surface area contributed by atoms with E-state index in [-0.39, 0.29) is 0 Å². The Morgan fingerprint density at radius 3 is 3.07 bits per heavy atom. The van der Waals surface area contributed by atoms with Crippen LogP contribution in [0, 0.1) is 0 Å². The molecule has 2 amide bonds. The second-order valence-corrected chi connectivity index (χ2v) is 4.27. The van der Waals surface area contributed by atoms with Crippen LogP contribution in [-0.4, -0.2) is 17.5 Å². The average Bonchev–Trinajstić information content (AvgIpc) is 2.26. The summed E-state index contributed by atoms with van der Waals surface area (Å²) in [6, 6.07) is 7.39. The van der Waals surface area contributed by atoms with Crippen LogP contribution in [0.1, 0.15) is 12.0 Å². The molecule has 1 aromatic rings. The van der Waals surface area contributed by atoms with E-state index in [0.29, 0.717) is 0 Å². The maximum atomic E-state index is 10.6. The molecule has 1 aliphatic rings. The molecule has 0 atom stereocenters. The number of hydrogen-bond acceptors (Lipinski definition) is 3. The van der Waals surface area contributed by atoms with Crippen molar-refractivity contribution in [2.75, 3.05) is 5.75 Å². The largest absolute Gasteiger partial charge is 0.350 e. The second-order valence-electron chi connectivity index (χ2n) is 3.13. The number of nitrogens with zero attached hydrogens (tertiary/aromatic N) is 1. The minimum absolute atomic E-state index is 0.627. The van der Waals surface area contributed by atoms with Crippen molar-refractivity contribution < 1.29 is 4.79 Å². The van der Waals surface area contributed by atoms with Gasteiger partial charge in [0.05, 0.1) is 5.71 Å². The average molecular weight is 221 g/mol. The van der Waals surface area contributed by atoms with Gasteiger partial charge in [0.1, 0.15) is 0 Å². The molecule has 0 unspecified atom stereocenters. The van der Waals surface area contributed by atoms with Gasteiger partial charge >= 0.3 is 6.03 Å². The SMILES string of the molecule is NC(=O)N/N=C1\CCSc2ccccc21. The Morgan fingerprint density at radius 1 is 1.47 bits per heavy atom. The monoisotopic (exact) mass is 221 g/mol. The van der Waals surface area contributed by atoms with Crippen molar-refractivity contribution in [2.45, 2.75) is 11.3 Å². The molecule has 5 heteroatoms. The summed E-state index contributed by atoms with van der Waals surface area (Å²) >= 11 is 1.80. The predicted octanol–water partition coefficient (Wildman–Crippen LogP) is 1.55. The highest BCUT2D eigenvalue weighted by molar-refractivity contribution is 7.99. The van der Waals surface area contributed by atoms with Gasteiger partial charge in [0.15, 0.2) is 0 Å². The van der Waals surface area contributed by atoms with Gasteiger partial charge in [-0.15, -0.1) is 11.8 Å². The van der Waals surface area contributed by atoms with Gasteiger partial charge in [-0.2, -0.15) is 5.10 Å². The molecule has 1 heterocycles. The van der Waals surface area contributed by atoms with Gasteiger partial charge in [-0.25, -0.2) is 10.2 Å². The summed E-state index contributed by atoms with van der Waals surface area (Å²) in [6.45, 7) is 0. The molecule has 3 N–H and O–H groups in total. The number of benzene rings is 1. The number of hydrogen-bond donors (Lipinski definition) is 2. The summed E-state index contributed by atoms with van der Waals surface area (Å²) < 4.78 is 0. The molecule has 0 radical (unpaired) electrons. The van der Waals surface area contributed by atoms with Crippen molar-refractivity contribution >= 4 is 23.5 Å². The molecular formula is C10H11N3OS. The normalized spacial score (nSPS) is 17.2. The zero-order valence-electron chi connectivity index (χ0n) is 8.06. The maximum absolute atomic E-state index is 10.6. The van der Waals surface area contributed by atoms with E-state index in [9.17, 15) is 4.79 Å². The van der Waals surface area contributed by atoms with Crippen LogP contribution in [0.5, 0.6) is 0 Å². The fourth-order valence-corrected chi connectivity index (χ4v) is 2.49. The summed E-state index contributed by atoms with van der Waals surface area (Å²) in [5.41, 5.74) is 9.22.